The smallest absolute Gasteiger partial charge is 0.239 e. The van der Waals surface area contributed by atoms with Crippen LogP contribution >= 0.6 is 0 Å². The number of carbonyl (C=O) groups is 2. The normalized spacial score (nSPS) is 21.2. The molecule has 0 radical (unpaired) electrons. The van der Waals surface area contributed by atoms with Crippen LogP contribution in [-0.2, 0) is 19.1 Å². The van der Waals surface area contributed by atoms with Gasteiger partial charge in [0.25, 0.3) is 0 Å². The van der Waals surface area contributed by atoms with Crippen molar-refractivity contribution in [2.75, 3.05) is 59.2 Å². The van der Waals surface area contributed by atoms with Crippen LogP contribution in [0.2, 0.25) is 0 Å². The summed E-state index contributed by atoms with van der Waals surface area (Å²) in [7, 11) is 0. The van der Waals surface area contributed by atoms with Crippen LogP contribution in [0.15, 0.2) is 0 Å². The molecule has 2 heterocycles. The lowest BCUT2D eigenvalue weighted by molar-refractivity contribution is -0.138. The zero-order chi connectivity index (χ0) is 15.1. The van der Waals surface area contributed by atoms with Crippen LogP contribution in [0, 0.1) is 0 Å². The highest BCUT2D eigenvalue weighted by Gasteiger charge is 2.22. The molecule has 0 aliphatic carbocycles. The van der Waals surface area contributed by atoms with Crippen LogP contribution in [-0.4, -0.2) is 86.8 Å². The van der Waals surface area contributed by atoms with Crippen LogP contribution in [0.25, 0.3) is 0 Å². The third kappa shape index (κ3) is 4.94. The molecule has 0 spiro atoms. The minimum absolute atomic E-state index is 0.0807. The predicted octanol–water partition coefficient (Wildman–Crippen LogP) is -0.928. The molecule has 7 nitrogen and oxygen atoms in total. The number of hydrogen-bond donors (Lipinski definition) is 1. The first-order valence-electron chi connectivity index (χ1n) is 7.64. The molecule has 0 aromatic rings. The Labute approximate surface area is 125 Å². The molecule has 0 bridgehead atoms. The van der Waals surface area contributed by atoms with Gasteiger partial charge in [0.1, 0.15) is 0 Å². The molecule has 2 saturated heterocycles. The van der Waals surface area contributed by atoms with Gasteiger partial charge in [-0.05, 0) is 6.92 Å². The first kappa shape index (κ1) is 16.2. The first-order chi connectivity index (χ1) is 10.2. The third-order valence-electron chi connectivity index (χ3n) is 3.85. The van der Waals surface area contributed by atoms with E-state index in [1.54, 1.807) is 0 Å². The highest BCUT2D eigenvalue weighted by atomic mass is 16.5. The number of rotatable bonds is 5. The molecule has 2 amide bonds. The van der Waals surface area contributed by atoms with Gasteiger partial charge in [-0.3, -0.25) is 9.59 Å². The second-order valence-electron chi connectivity index (χ2n) is 5.36. The zero-order valence-electron chi connectivity index (χ0n) is 12.7. The third-order valence-corrected chi connectivity index (χ3v) is 3.85. The highest BCUT2D eigenvalue weighted by Crippen LogP contribution is 2.02. The molecule has 0 aromatic carbocycles. The van der Waals surface area contributed by atoms with Crippen LogP contribution in [0.4, 0.5) is 0 Å². The molecule has 0 saturated carbocycles. The first-order valence-corrected chi connectivity index (χ1v) is 7.64. The Kier molecular flexibility index (Phi) is 6.41. The number of nitrogens with one attached hydrogen (secondary N) is 1. The van der Waals surface area contributed by atoms with Crippen molar-refractivity contribution >= 4 is 11.8 Å². The summed E-state index contributed by atoms with van der Waals surface area (Å²) in [6.07, 6.45) is 0.417. The van der Waals surface area contributed by atoms with Crippen molar-refractivity contribution in [1.82, 2.24) is 15.1 Å². The van der Waals surface area contributed by atoms with Gasteiger partial charge in [-0.25, -0.2) is 0 Å². The van der Waals surface area contributed by atoms with Gasteiger partial charge < -0.3 is 24.6 Å². The van der Waals surface area contributed by atoms with E-state index in [1.165, 1.54) is 0 Å². The van der Waals surface area contributed by atoms with E-state index in [2.05, 4.69) is 5.32 Å². The van der Waals surface area contributed by atoms with Crippen molar-refractivity contribution in [3.8, 4) is 0 Å². The molecule has 120 valence electrons. The van der Waals surface area contributed by atoms with Gasteiger partial charge in [-0.15, -0.1) is 0 Å². The lowest BCUT2D eigenvalue weighted by Crippen LogP contribution is -2.49. The summed E-state index contributed by atoms with van der Waals surface area (Å²) in [6, 6.07) is -0.263. The maximum Gasteiger partial charge on any atom is 0.239 e. The number of carbonyl (C=O) groups excluding carboxylic acids is 2. The minimum Gasteiger partial charge on any atom is -0.378 e. The minimum atomic E-state index is -0.263. The topological polar surface area (TPSA) is 71.1 Å². The van der Waals surface area contributed by atoms with Crippen LogP contribution in [0.5, 0.6) is 0 Å². The van der Waals surface area contributed by atoms with Gasteiger partial charge >= 0.3 is 0 Å². The van der Waals surface area contributed by atoms with Crippen molar-refractivity contribution in [1.29, 1.82) is 0 Å². The molecule has 1 atom stereocenters. The van der Waals surface area contributed by atoms with Gasteiger partial charge in [0, 0.05) is 39.1 Å². The average Bonchev–Trinajstić information content (AvgIpc) is 2.55. The van der Waals surface area contributed by atoms with Gasteiger partial charge in [-0.1, -0.05) is 0 Å². The van der Waals surface area contributed by atoms with Crippen molar-refractivity contribution in [2.24, 2.45) is 0 Å². The number of hydrogen-bond acceptors (Lipinski definition) is 5. The van der Waals surface area contributed by atoms with E-state index in [9.17, 15) is 9.59 Å². The molecule has 2 fully saturated rings. The highest BCUT2D eigenvalue weighted by molar-refractivity contribution is 5.81. The van der Waals surface area contributed by atoms with E-state index in [4.69, 9.17) is 9.47 Å². The van der Waals surface area contributed by atoms with Crippen molar-refractivity contribution in [2.45, 2.75) is 19.4 Å². The van der Waals surface area contributed by atoms with E-state index >= 15 is 0 Å². The molecule has 0 aromatic heterocycles. The Balaban J connectivity index is 1.64. The van der Waals surface area contributed by atoms with Gasteiger partial charge in [-0.2, -0.15) is 0 Å². The van der Waals surface area contributed by atoms with Crippen LogP contribution < -0.4 is 5.32 Å². The van der Waals surface area contributed by atoms with Crippen molar-refractivity contribution in [3.05, 3.63) is 0 Å². The van der Waals surface area contributed by atoms with E-state index in [0.717, 1.165) is 0 Å². The Morgan fingerprint density at radius 2 is 1.52 bits per heavy atom. The second kappa shape index (κ2) is 8.31. The molecular weight excluding hydrogens is 274 g/mol. The maximum atomic E-state index is 12.2. The summed E-state index contributed by atoms with van der Waals surface area (Å²) in [6.45, 7) is 7.44. The van der Waals surface area contributed by atoms with Gasteiger partial charge in [0.15, 0.2) is 0 Å². The summed E-state index contributed by atoms with van der Waals surface area (Å²) < 4.78 is 10.5. The largest absolute Gasteiger partial charge is 0.378 e. The van der Waals surface area contributed by atoms with E-state index in [-0.39, 0.29) is 17.9 Å². The Morgan fingerprint density at radius 3 is 2.10 bits per heavy atom. The van der Waals surface area contributed by atoms with Crippen LogP contribution in [0.3, 0.4) is 0 Å². The van der Waals surface area contributed by atoms with Crippen molar-refractivity contribution in [3.63, 3.8) is 0 Å². The summed E-state index contributed by atoms with van der Waals surface area (Å²) in [5, 5.41) is 3.14. The fourth-order valence-electron chi connectivity index (χ4n) is 2.51. The molecule has 1 unspecified atom stereocenters. The van der Waals surface area contributed by atoms with Gasteiger partial charge in [0.2, 0.25) is 11.8 Å². The average molecular weight is 299 g/mol. The molecule has 1 N–H and O–H groups in total. The molecule has 2 aliphatic heterocycles. The Hall–Kier alpha value is -1.18. The molecule has 2 aliphatic rings. The van der Waals surface area contributed by atoms with E-state index < -0.39 is 0 Å². The lowest BCUT2D eigenvalue weighted by atomic mass is 10.2. The summed E-state index contributed by atoms with van der Waals surface area (Å²) in [5.74, 6) is 0.203. The summed E-state index contributed by atoms with van der Waals surface area (Å²) >= 11 is 0. The summed E-state index contributed by atoms with van der Waals surface area (Å²) in [5.41, 5.74) is 0. The standard InChI is InChI=1S/C14H25N3O4/c1-12(14(19)17-6-10-21-11-7-17)15-3-2-13(18)16-4-8-20-9-5-16/h12,15H,2-11H2,1H3. The van der Waals surface area contributed by atoms with E-state index in [1.807, 2.05) is 16.7 Å². The molecular formula is C14H25N3O4. The van der Waals surface area contributed by atoms with Crippen LogP contribution in [0.1, 0.15) is 13.3 Å². The summed E-state index contributed by atoms with van der Waals surface area (Å²) in [4.78, 5) is 27.8. The number of nitrogens with zero attached hydrogens (tertiary/aromatic N) is 2. The monoisotopic (exact) mass is 299 g/mol. The lowest BCUT2D eigenvalue weighted by Gasteiger charge is -2.30. The maximum absolute atomic E-state index is 12.2. The number of amides is 2. The fraction of sp³-hybridized carbons (Fsp3) is 0.857. The quantitative estimate of drug-likeness (QED) is 0.710. The zero-order valence-corrected chi connectivity index (χ0v) is 12.7. The molecule has 2 rings (SSSR count). The molecule has 21 heavy (non-hydrogen) atoms. The number of ether oxygens (including phenoxy) is 2. The SMILES string of the molecule is CC(NCCC(=O)N1CCOCC1)C(=O)N1CCOCC1. The fourth-order valence-corrected chi connectivity index (χ4v) is 2.51. The molecule has 7 heteroatoms. The Morgan fingerprint density at radius 1 is 1.00 bits per heavy atom. The second-order valence-corrected chi connectivity index (χ2v) is 5.36. The number of morpholine rings is 2. The van der Waals surface area contributed by atoms with E-state index in [0.29, 0.717) is 65.6 Å². The Bertz CT molecular complexity index is 352. The predicted molar refractivity (Wildman–Crippen MR) is 76.9 cm³/mol. The van der Waals surface area contributed by atoms with Crippen molar-refractivity contribution < 1.29 is 19.1 Å². The van der Waals surface area contributed by atoms with Gasteiger partial charge in [0.05, 0.1) is 32.5 Å².